The summed E-state index contributed by atoms with van der Waals surface area (Å²) in [5.74, 6) is -0.722. The van der Waals surface area contributed by atoms with E-state index in [1.165, 1.54) is 13.2 Å². The summed E-state index contributed by atoms with van der Waals surface area (Å²) in [6.07, 6.45) is 5.24. The van der Waals surface area contributed by atoms with Gasteiger partial charge in [0.25, 0.3) is 5.91 Å². The Bertz CT molecular complexity index is 1060. The van der Waals surface area contributed by atoms with Crippen LogP contribution in [0.25, 0.3) is 11.1 Å². The molecule has 0 aliphatic heterocycles. The van der Waals surface area contributed by atoms with Crippen LogP contribution in [0.1, 0.15) is 24.3 Å². The number of methoxy groups -OCH3 is 2. The van der Waals surface area contributed by atoms with Gasteiger partial charge in [-0.2, -0.15) is 0 Å². The first-order chi connectivity index (χ1) is 14.8. The summed E-state index contributed by atoms with van der Waals surface area (Å²) in [5, 5.41) is 5.93. The topological polar surface area (TPSA) is 77.4 Å². The highest BCUT2D eigenvalue weighted by atomic mass is 19.1. The maximum Gasteiger partial charge on any atom is 0.269 e. The molecule has 0 unspecified atom stereocenters. The van der Waals surface area contributed by atoms with Crippen LogP contribution in [0.2, 0.25) is 0 Å². The molecular weight excluding hydrogens is 399 g/mol. The molecule has 0 atom stereocenters. The van der Waals surface area contributed by atoms with Gasteiger partial charge in [-0.1, -0.05) is 6.07 Å². The van der Waals surface area contributed by atoms with E-state index in [0.717, 1.165) is 11.1 Å². The number of hydrogen-bond acceptors (Lipinski definition) is 5. The fourth-order valence-corrected chi connectivity index (χ4v) is 3.34. The van der Waals surface area contributed by atoms with Gasteiger partial charge in [0, 0.05) is 38.3 Å². The predicted octanol–water partition coefficient (Wildman–Crippen LogP) is 4.23. The van der Waals surface area contributed by atoms with E-state index < -0.39 is 11.4 Å². The van der Waals surface area contributed by atoms with Crippen LogP contribution in [-0.2, 0) is 11.3 Å². The van der Waals surface area contributed by atoms with Crippen LogP contribution >= 0.6 is 0 Å². The van der Waals surface area contributed by atoms with Gasteiger partial charge in [0.05, 0.1) is 30.6 Å². The Balaban J connectivity index is 2.25. The summed E-state index contributed by atoms with van der Waals surface area (Å²) in [6.45, 7) is 4.30. The summed E-state index contributed by atoms with van der Waals surface area (Å²) in [6, 6.07) is 8.30. The molecule has 3 rings (SSSR count). The molecule has 0 aliphatic carbocycles. The van der Waals surface area contributed by atoms with Gasteiger partial charge in [0.15, 0.2) is 11.6 Å². The van der Waals surface area contributed by atoms with E-state index in [9.17, 15) is 9.18 Å². The molecule has 8 heteroatoms. The van der Waals surface area contributed by atoms with Gasteiger partial charge in [0.1, 0.15) is 5.69 Å². The van der Waals surface area contributed by atoms with Gasteiger partial charge in [-0.3, -0.25) is 9.78 Å². The van der Waals surface area contributed by atoms with Crippen molar-refractivity contribution in [3.63, 3.8) is 0 Å². The first-order valence-corrected chi connectivity index (χ1v) is 9.81. The maximum atomic E-state index is 14.3. The number of carbonyl (C=O) groups excluding carboxylic acids is 1. The van der Waals surface area contributed by atoms with Crippen LogP contribution in [0.15, 0.2) is 48.9 Å². The molecule has 1 amide bonds. The lowest BCUT2D eigenvalue weighted by Crippen LogP contribution is -2.32. The minimum atomic E-state index is -0.523. The second-order valence-corrected chi connectivity index (χ2v) is 7.62. The number of hydrogen-bond donors (Lipinski definition) is 2. The van der Waals surface area contributed by atoms with Crippen molar-refractivity contribution in [2.45, 2.75) is 26.0 Å². The van der Waals surface area contributed by atoms with Gasteiger partial charge in [-0.25, -0.2) is 4.39 Å². The summed E-state index contributed by atoms with van der Waals surface area (Å²) >= 11 is 0. The van der Waals surface area contributed by atoms with Gasteiger partial charge in [0.2, 0.25) is 0 Å². The number of halogens is 1. The van der Waals surface area contributed by atoms with Crippen LogP contribution in [0.3, 0.4) is 0 Å². The van der Waals surface area contributed by atoms with Crippen molar-refractivity contribution in [2.24, 2.45) is 0 Å². The summed E-state index contributed by atoms with van der Waals surface area (Å²) in [4.78, 5) is 17.0. The van der Waals surface area contributed by atoms with Gasteiger partial charge < -0.3 is 24.7 Å². The third-order valence-corrected chi connectivity index (χ3v) is 5.05. The lowest BCUT2D eigenvalue weighted by Gasteiger charge is -2.24. The Hall–Kier alpha value is -3.39. The molecule has 2 heterocycles. The number of ether oxygens (including phenoxy) is 2. The van der Waals surface area contributed by atoms with Crippen LogP contribution in [-0.4, -0.2) is 42.3 Å². The highest BCUT2D eigenvalue weighted by Gasteiger charge is 2.27. The zero-order chi connectivity index (χ0) is 22.6. The Morgan fingerprint density at radius 2 is 1.90 bits per heavy atom. The molecule has 0 spiro atoms. The van der Waals surface area contributed by atoms with E-state index >= 15 is 0 Å². The summed E-state index contributed by atoms with van der Waals surface area (Å²) < 4.78 is 27.0. The fourth-order valence-electron chi connectivity index (χ4n) is 3.34. The number of para-hydroxylation sites is 1. The number of amides is 1. The molecule has 164 valence electrons. The molecule has 3 aromatic rings. The van der Waals surface area contributed by atoms with Gasteiger partial charge in [-0.15, -0.1) is 0 Å². The van der Waals surface area contributed by atoms with Crippen LogP contribution in [0.5, 0.6) is 5.75 Å². The lowest BCUT2D eigenvalue weighted by atomic mass is 10.1. The van der Waals surface area contributed by atoms with Crippen molar-refractivity contribution in [3.8, 4) is 16.9 Å². The smallest absolute Gasteiger partial charge is 0.269 e. The Morgan fingerprint density at radius 3 is 2.52 bits per heavy atom. The number of rotatable bonds is 8. The largest absolute Gasteiger partial charge is 0.492 e. The average molecular weight is 426 g/mol. The van der Waals surface area contributed by atoms with Crippen molar-refractivity contribution in [1.29, 1.82) is 0 Å². The van der Waals surface area contributed by atoms with Crippen molar-refractivity contribution in [2.75, 3.05) is 26.6 Å². The molecule has 0 saturated heterocycles. The van der Waals surface area contributed by atoms with Crippen molar-refractivity contribution in [3.05, 3.63) is 60.4 Å². The summed E-state index contributed by atoms with van der Waals surface area (Å²) in [5.41, 5.74) is 2.43. The second-order valence-electron chi connectivity index (χ2n) is 7.62. The van der Waals surface area contributed by atoms with Crippen molar-refractivity contribution in [1.82, 2.24) is 14.9 Å². The summed E-state index contributed by atoms with van der Waals surface area (Å²) in [7, 11) is 4.60. The molecule has 0 radical (unpaired) electrons. The van der Waals surface area contributed by atoms with E-state index in [2.05, 4.69) is 15.6 Å². The zero-order valence-electron chi connectivity index (χ0n) is 18.3. The number of aromatic nitrogens is 2. The van der Waals surface area contributed by atoms with E-state index in [-0.39, 0.29) is 11.7 Å². The SMILES string of the molecule is CNC(=O)c1c(Nc2cccc(F)c2OC)c(-c2ccncc2)cn1CC(C)(C)OC. The molecule has 0 saturated carbocycles. The zero-order valence-corrected chi connectivity index (χ0v) is 18.3. The Morgan fingerprint density at radius 1 is 1.19 bits per heavy atom. The lowest BCUT2D eigenvalue weighted by molar-refractivity contribution is 0.00783. The first kappa shape index (κ1) is 22.3. The number of carbonyl (C=O) groups is 1. The van der Waals surface area contributed by atoms with Gasteiger partial charge >= 0.3 is 0 Å². The molecule has 2 aromatic heterocycles. The van der Waals surface area contributed by atoms with Crippen molar-refractivity contribution < 1.29 is 18.7 Å². The fraction of sp³-hybridized carbons (Fsp3) is 0.304. The predicted molar refractivity (Wildman–Crippen MR) is 118 cm³/mol. The number of anilines is 2. The van der Waals surface area contributed by atoms with Crippen LogP contribution in [0, 0.1) is 5.82 Å². The number of nitrogens with one attached hydrogen (secondary N) is 2. The third-order valence-electron chi connectivity index (χ3n) is 5.05. The average Bonchev–Trinajstić information content (AvgIpc) is 3.11. The normalized spacial score (nSPS) is 11.3. The highest BCUT2D eigenvalue weighted by molar-refractivity contribution is 6.03. The first-order valence-electron chi connectivity index (χ1n) is 9.81. The molecule has 7 nitrogen and oxygen atoms in total. The van der Waals surface area contributed by atoms with E-state index in [1.54, 1.807) is 38.7 Å². The molecule has 0 fully saturated rings. The standard InChI is InChI=1S/C23H27FN4O3/c1-23(2,31-5)14-28-13-16(15-9-11-26-12-10-15)19(20(28)22(29)25-3)27-18-8-6-7-17(24)21(18)30-4/h6-13,27H,14H2,1-5H3,(H,25,29). The minimum Gasteiger partial charge on any atom is -0.492 e. The monoisotopic (exact) mass is 426 g/mol. The number of pyridine rings is 1. The minimum absolute atomic E-state index is 0.0657. The van der Waals surface area contributed by atoms with Crippen molar-refractivity contribution >= 4 is 17.3 Å². The number of nitrogens with zero attached hydrogens (tertiary/aromatic N) is 2. The molecule has 31 heavy (non-hydrogen) atoms. The van der Waals surface area contributed by atoms with Gasteiger partial charge in [-0.05, 0) is 43.7 Å². The molecule has 0 aliphatic rings. The molecule has 1 aromatic carbocycles. The molecule has 0 bridgehead atoms. The maximum absolute atomic E-state index is 14.3. The molecular formula is C23H27FN4O3. The Kier molecular flexibility index (Phi) is 6.60. The van der Waals surface area contributed by atoms with Crippen LogP contribution in [0.4, 0.5) is 15.8 Å². The van der Waals surface area contributed by atoms with E-state index in [0.29, 0.717) is 23.6 Å². The Labute approximate surface area is 181 Å². The van der Waals surface area contributed by atoms with Crippen LogP contribution < -0.4 is 15.4 Å². The molecule has 2 N–H and O–H groups in total. The highest BCUT2D eigenvalue weighted by Crippen LogP contribution is 2.39. The van der Waals surface area contributed by atoms with E-state index in [1.807, 2.05) is 36.7 Å². The third kappa shape index (κ3) is 4.69. The van der Waals surface area contributed by atoms with E-state index in [4.69, 9.17) is 9.47 Å². The quantitative estimate of drug-likeness (QED) is 0.564. The second kappa shape index (κ2) is 9.18. The number of benzene rings is 1.